The Labute approximate surface area is 110 Å². The van der Waals surface area contributed by atoms with Crippen LogP contribution < -0.4 is 5.73 Å². The predicted octanol–water partition coefficient (Wildman–Crippen LogP) is 2.20. The first-order valence-corrected chi connectivity index (χ1v) is 6.63. The zero-order chi connectivity index (χ0) is 13.2. The van der Waals surface area contributed by atoms with Crippen LogP contribution in [0.2, 0.25) is 0 Å². The highest BCUT2D eigenvalue weighted by atomic mass is 15.3. The van der Waals surface area contributed by atoms with E-state index in [0.29, 0.717) is 5.96 Å². The van der Waals surface area contributed by atoms with Gasteiger partial charge in [-0.05, 0) is 44.7 Å². The summed E-state index contributed by atoms with van der Waals surface area (Å²) in [5.41, 5.74) is 8.90. The molecule has 1 aliphatic rings. The molecule has 3 heteroatoms. The van der Waals surface area contributed by atoms with Gasteiger partial charge in [-0.15, -0.1) is 0 Å². The Balaban J connectivity index is 2.11. The predicted molar refractivity (Wildman–Crippen MR) is 76.8 cm³/mol. The van der Waals surface area contributed by atoms with Crippen molar-refractivity contribution in [2.24, 2.45) is 10.7 Å². The lowest BCUT2D eigenvalue weighted by molar-refractivity contribution is 0.423. The number of nitrogens with zero attached hydrogens (tertiary/aromatic N) is 2. The van der Waals surface area contributed by atoms with E-state index in [2.05, 4.69) is 54.9 Å². The number of nitrogens with two attached hydrogens (primary N) is 1. The van der Waals surface area contributed by atoms with E-state index >= 15 is 0 Å². The Kier molecular flexibility index (Phi) is 3.60. The second kappa shape index (κ2) is 5.01. The van der Waals surface area contributed by atoms with E-state index in [1.807, 2.05) is 0 Å². The third-order valence-corrected chi connectivity index (χ3v) is 3.19. The van der Waals surface area contributed by atoms with Gasteiger partial charge in [-0.1, -0.05) is 24.3 Å². The molecular weight excluding hydrogens is 222 g/mol. The molecule has 98 valence electrons. The van der Waals surface area contributed by atoms with Gasteiger partial charge in [0.15, 0.2) is 5.96 Å². The van der Waals surface area contributed by atoms with Crippen molar-refractivity contribution in [2.75, 3.05) is 13.1 Å². The van der Waals surface area contributed by atoms with E-state index in [-0.39, 0.29) is 5.54 Å². The first-order valence-electron chi connectivity index (χ1n) is 6.63. The van der Waals surface area contributed by atoms with Gasteiger partial charge >= 0.3 is 0 Å². The Morgan fingerprint density at radius 2 is 1.61 bits per heavy atom. The number of hydrogen-bond donors (Lipinski definition) is 1. The number of guanidine groups is 1. The van der Waals surface area contributed by atoms with E-state index in [1.54, 1.807) is 0 Å². The Hall–Kier alpha value is -1.51. The van der Waals surface area contributed by atoms with Crippen molar-refractivity contribution in [3.63, 3.8) is 0 Å². The first kappa shape index (κ1) is 12.9. The lowest BCUT2D eigenvalue weighted by atomic mass is 10.0. The summed E-state index contributed by atoms with van der Waals surface area (Å²) in [6.07, 6.45) is 2.10. The van der Waals surface area contributed by atoms with Crippen molar-refractivity contribution in [1.82, 2.24) is 4.90 Å². The molecule has 0 fully saturated rings. The highest BCUT2D eigenvalue weighted by molar-refractivity contribution is 5.78. The molecule has 1 heterocycles. The number of fused-ring (bicyclic) bond motifs is 1. The van der Waals surface area contributed by atoms with Gasteiger partial charge in [-0.25, -0.2) is 4.99 Å². The third kappa shape index (κ3) is 3.25. The molecule has 0 saturated carbocycles. The van der Waals surface area contributed by atoms with Crippen molar-refractivity contribution >= 4 is 5.96 Å². The van der Waals surface area contributed by atoms with Gasteiger partial charge < -0.3 is 10.6 Å². The van der Waals surface area contributed by atoms with E-state index in [4.69, 9.17) is 5.73 Å². The van der Waals surface area contributed by atoms with Gasteiger partial charge in [0.05, 0.1) is 5.54 Å². The molecular formula is C15H23N3. The maximum absolute atomic E-state index is 6.11. The summed E-state index contributed by atoms with van der Waals surface area (Å²) in [6.45, 7) is 8.15. The smallest absolute Gasteiger partial charge is 0.191 e. The zero-order valence-corrected chi connectivity index (χ0v) is 11.6. The summed E-state index contributed by atoms with van der Waals surface area (Å²) in [6, 6.07) is 8.66. The molecule has 2 rings (SSSR count). The molecule has 1 aromatic rings. The minimum Gasteiger partial charge on any atom is -0.370 e. The molecule has 0 radical (unpaired) electrons. The SMILES string of the molecule is CC(C)(C)N=C(N)N1CCc2ccccc2CC1. The molecule has 0 bridgehead atoms. The molecule has 0 saturated heterocycles. The van der Waals surface area contributed by atoms with Crippen molar-refractivity contribution in [1.29, 1.82) is 0 Å². The third-order valence-electron chi connectivity index (χ3n) is 3.19. The van der Waals surface area contributed by atoms with Gasteiger partial charge in [0.25, 0.3) is 0 Å². The average Bonchev–Trinajstić information content (AvgIpc) is 2.49. The lowest BCUT2D eigenvalue weighted by Gasteiger charge is -2.24. The monoisotopic (exact) mass is 245 g/mol. The molecule has 0 amide bonds. The van der Waals surface area contributed by atoms with E-state index in [0.717, 1.165) is 25.9 Å². The summed E-state index contributed by atoms with van der Waals surface area (Å²) in [5.74, 6) is 0.676. The highest BCUT2D eigenvalue weighted by Crippen LogP contribution is 2.16. The minimum absolute atomic E-state index is 0.108. The number of rotatable bonds is 0. The Morgan fingerprint density at radius 3 is 2.06 bits per heavy atom. The van der Waals surface area contributed by atoms with E-state index < -0.39 is 0 Å². The van der Waals surface area contributed by atoms with Crippen LogP contribution in [-0.2, 0) is 12.8 Å². The average molecular weight is 245 g/mol. The molecule has 0 unspecified atom stereocenters. The van der Waals surface area contributed by atoms with E-state index in [1.165, 1.54) is 11.1 Å². The van der Waals surface area contributed by atoms with Gasteiger partial charge in [-0.2, -0.15) is 0 Å². The van der Waals surface area contributed by atoms with Crippen LogP contribution in [0.4, 0.5) is 0 Å². The van der Waals surface area contributed by atoms with Crippen molar-refractivity contribution in [3.05, 3.63) is 35.4 Å². The van der Waals surface area contributed by atoms with Crippen LogP contribution >= 0.6 is 0 Å². The van der Waals surface area contributed by atoms with Crippen molar-refractivity contribution in [3.8, 4) is 0 Å². The maximum atomic E-state index is 6.11. The van der Waals surface area contributed by atoms with Crippen LogP contribution in [0.1, 0.15) is 31.9 Å². The van der Waals surface area contributed by atoms with Crippen LogP contribution in [0.25, 0.3) is 0 Å². The Morgan fingerprint density at radius 1 is 1.11 bits per heavy atom. The number of hydrogen-bond acceptors (Lipinski definition) is 1. The fourth-order valence-electron chi connectivity index (χ4n) is 2.31. The minimum atomic E-state index is -0.108. The summed E-state index contributed by atoms with van der Waals surface area (Å²) < 4.78 is 0. The van der Waals surface area contributed by atoms with Gasteiger partial charge in [-0.3, -0.25) is 0 Å². The second-order valence-corrected chi connectivity index (χ2v) is 5.90. The van der Waals surface area contributed by atoms with Crippen LogP contribution in [0.15, 0.2) is 29.3 Å². The normalized spacial score (nSPS) is 17.3. The molecule has 1 aromatic carbocycles. The molecule has 3 nitrogen and oxygen atoms in total. The summed E-state index contributed by atoms with van der Waals surface area (Å²) in [7, 11) is 0. The largest absolute Gasteiger partial charge is 0.370 e. The van der Waals surface area contributed by atoms with Crippen molar-refractivity contribution < 1.29 is 0 Å². The van der Waals surface area contributed by atoms with Gasteiger partial charge in [0.2, 0.25) is 0 Å². The zero-order valence-electron chi connectivity index (χ0n) is 11.6. The van der Waals surface area contributed by atoms with Crippen LogP contribution in [-0.4, -0.2) is 29.5 Å². The van der Waals surface area contributed by atoms with Gasteiger partial charge in [0.1, 0.15) is 0 Å². The van der Waals surface area contributed by atoms with Crippen LogP contribution in [0.5, 0.6) is 0 Å². The number of benzene rings is 1. The summed E-state index contributed by atoms with van der Waals surface area (Å²) >= 11 is 0. The van der Waals surface area contributed by atoms with E-state index in [9.17, 15) is 0 Å². The lowest BCUT2D eigenvalue weighted by Crippen LogP contribution is -2.40. The fourth-order valence-corrected chi connectivity index (χ4v) is 2.31. The standard InChI is InChI=1S/C15H23N3/c1-15(2,3)17-14(16)18-10-8-12-6-4-5-7-13(12)9-11-18/h4-7H,8-11H2,1-3H3,(H2,16,17). The molecule has 0 atom stereocenters. The first-order chi connectivity index (χ1) is 8.46. The highest BCUT2D eigenvalue weighted by Gasteiger charge is 2.17. The molecule has 18 heavy (non-hydrogen) atoms. The fraction of sp³-hybridized carbons (Fsp3) is 0.533. The molecule has 0 aromatic heterocycles. The number of aliphatic imine (C=N–C) groups is 1. The topological polar surface area (TPSA) is 41.6 Å². The van der Waals surface area contributed by atoms with Crippen LogP contribution in [0.3, 0.4) is 0 Å². The Bertz CT molecular complexity index is 416. The summed E-state index contributed by atoms with van der Waals surface area (Å²) in [4.78, 5) is 6.76. The molecule has 0 aliphatic carbocycles. The maximum Gasteiger partial charge on any atom is 0.191 e. The second-order valence-electron chi connectivity index (χ2n) is 5.90. The quantitative estimate of drug-likeness (QED) is 0.562. The molecule has 1 aliphatic heterocycles. The molecule has 2 N–H and O–H groups in total. The summed E-state index contributed by atoms with van der Waals surface area (Å²) in [5, 5.41) is 0. The van der Waals surface area contributed by atoms with Crippen molar-refractivity contribution in [2.45, 2.75) is 39.2 Å². The van der Waals surface area contributed by atoms with Gasteiger partial charge in [0, 0.05) is 13.1 Å². The van der Waals surface area contributed by atoms with Crippen LogP contribution in [0, 0.1) is 0 Å². The molecule has 0 spiro atoms.